The summed E-state index contributed by atoms with van der Waals surface area (Å²) in [6.07, 6.45) is 3.82. The maximum atomic E-state index is 11.7. The predicted octanol–water partition coefficient (Wildman–Crippen LogP) is 2.47. The molecule has 0 aromatic heterocycles. The first kappa shape index (κ1) is 17.0. The summed E-state index contributed by atoms with van der Waals surface area (Å²) < 4.78 is 0. The van der Waals surface area contributed by atoms with E-state index in [-0.39, 0.29) is 18.3 Å². The van der Waals surface area contributed by atoms with Crippen LogP contribution in [0, 0.1) is 12.8 Å². The standard InChI is InChI=1S/C16H24N2O.ClH/c1-13-4-2-3-5-15(13)9-11-18-16(19)7-6-14-8-10-17-12-14;/h2-5,14,17H,6-12H2,1H3,(H,18,19);1H. The van der Waals surface area contributed by atoms with Gasteiger partial charge in [0.05, 0.1) is 0 Å². The zero-order chi connectivity index (χ0) is 13.5. The lowest BCUT2D eigenvalue weighted by Gasteiger charge is -2.09. The van der Waals surface area contributed by atoms with E-state index in [1.165, 1.54) is 17.5 Å². The number of nitrogens with one attached hydrogen (secondary N) is 2. The molecular weight excluding hydrogens is 272 g/mol. The van der Waals surface area contributed by atoms with Crippen molar-refractivity contribution in [3.8, 4) is 0 Å². The molecule has 0 radical (unpaired) electrons. The van der Waals surface area contributed by atoms with Gasteiger partial charge in [-0.05, 0) is 56.3 Å². The Kier molecular flexibility index (Phi) is 7.63. The summed E-state index contributed by atoms with van der Waals surface area (Å²) in [5.41, 5.74) is 2.62. The van der Waals surface area contributed by atoms with Crippen molar-refractivity contribution in [2.75, 3.05) is 19.6 Å². The fourth-order valence-corrected chi connectivity index (χ4v) is 2.61. The third-order valence-corrected chi connectivity index (χ3v) is 3.92. The van der Waals surface area contributed by atoms with Crippen LogP contribution in [0.1, 0.15) is 30.4 Å². The Morgan fingerprint density at radius 1 is 1.40 bits per heavy atom. The number of carbonyl (C=O) groups excluding carboxylic acids is 1. The van der Waals surface area contributed by atoms with E-state index >= 15 is 0 Å². The van der Waals surface area contributed by atoms with Crippen LogP contribution in [-0.4, -0.2) is 25.5 Å². The lowest BCUT2D eigenvalue weighted by Crippen LogP contribution is -2.26. The van der Waals surface area contributed by atoms with E-state index in [0.29, 0.717) is 12.3 Å². The van der Waals surface area contributed by atoms with Gasteiger partial charge in [-0.1, -0.05) is 24.3 Å². The van der Waals surface area contributed by atoms with Crippen LogP contribution in [0.15, 0.2) is 24.3 Å². The van der Waals surface area contributed by atoms with E-state index in [1.807, 2.05) is 6.07 Å². The zero-order valence-electron chi connectivity index (χ0n) is 12.2. The Labute approximate surface area is 127 Å². The smallest absolute Gasteiger partial charge is 0.220 e. The lowest BCUT2D eigenvalue weighted by atomic mass is 10.0. The average molecular weight is 297 g/mol. The number of hydrogen-bond donors (Lipinski definition) is 2. The number of benzene rings is 1. The molecule has 2 rings (SSSR count). The molecule has 1 atom stereocenters. The van der Waals surface area contributed by atoms with Crippen LogP contribution < -0.4 is 10.6 Å². The van der Waals surface area contributed by atoms with Crippen molar-refractivity contribution < 1.29 is 4.79 Å². The predicted molar refractivity (Wildman–Crippen MR) is 85.4 cm³/mol. The molecule has 20 heavy (non-hydrogen) atoms. The lowest BCUT2D eigenvalue weighted by molar-refractivity contribution is -0.121. The Balaban J connectivity index is 0.00000200. The number of hydrogen-bond acceptors (Lipinski definition) is 2. The summed E-state index contributed by atoms with van der Waals surface area (Å²) >= 11 is 0. The normalized spacial score (nSPS) is 17.6. The molecule has 0 saturated carbocycles. The number of aryl methyl sites for hydroxylation is 1. The summed E-state index contributed by atoms with van der Waals surface area (Å²) in [4.78, 5) is 11.7. The van der Waals surface area contributed by atoms with Crippen LogP contribution in [0.25, 0.3) is 0 Å². The molecule has 1 fully saturated rings. The molecule has 1 aliphatic rings. The molecule has 1 aromatic carbocycles. The minimum atomic E-state index is 0. The van der Waals surface area contributed by atoms with E-state index < -0.39 is 0 Å². The van der Waals surface area contributed by atoms with Crippen LogP contribution in [0.4, 0.5) is 0 Å². The first-order valence-corrected chi connectivity index (χ1v) is 7.27. The van der Waals surface area contributed by atoms with Gasteiger partial charge in [-0.3, -0.25) is 4.79 Å². The summed E-state index contributed by atoms with van der Waals surface area (Å²) in [5, 5.41) is 6.36. The highest BCUT2D eigenvalue weighted by Gasteiger charge is 2.15. The largest absolute Gasteiger partial charge is 0.356 e. The highest BCUT2D eigenvalue weighted by molar-refractivity contribution is 5.85. The summed E-state index contributed by atoms with van der Waals surface area (Å²) in [6, 6.07) is 8.35. The number of halogens is 1. The van der Waals surface area contributed by atoms with Crippen molar-refractivity contribution in [3.63, 3.8) is 0 Å². The second-order valence-corrected chi connectivity index (χ2v) is 5.42. The molecule has 112 valence electrons. The molecular formula is C16H25ClN2O. The van der Waals surface area contributed by atoms with Gasteiger partial charge in [-0.2, -0.15) is 0 Å². The molecule has 1 heterocycles. The third kappa shape index (κ3) is 5.51. The van der Waals surface area contributed by atoms with Gasteiger partial charge >= 0.3 is 0 Å². The fraction of sp³-hybridized carbons (Fsp3) is 0.562. The molecule has 1 aromatic rings. The third-order valence-electron chi connectivity index (χ3n) is 3.92. The van der Waals surface area contributed by atoms with Crippen LogP contribution in [0.3, 0.4) is 0 Å². The molecule has 2 N–H and O–H groups in total. The number of carbonyl (C=O) groups is 1. The highest BCUT2D eigenvalue weighted by Crippen LogP contribution is 2.14. The summed E-state index contributed by atoms with van der Waals surface area (Å²) in [6.45, 7) is 5.05. The van der Waals surface area contributed by atoms with E-state index in [0.717, 1.165) is 32.5 Å². The maximum Gasteiger partial charge on any atom is 0.220 e. The first-order valence-electron chi connectivity index (χ1n) is 7.27. The van der Waals surface area contributed by atoms with E-state index in [4.69, 9.17) is 0 Å². The van der Waals surface area contributed by atoms with E-state index in [1.54, 1.807) is 0 Å². The SMILES string of the molecule is Cc1ccccc1CCNC(=O)CCC1CCNC1.Cl. The van der Waals surface area contributed by atoms with Crippen molar-refractivity contribution in [1.82, 2.24) is 10.6 Å². The van der Waals surface area contributed by atoms with Crippen LogP contribution in [-0.2, 0) is 11.2 Å². The quantitative estimate of drug-likeness (QED) is 0.847. The molecule has 0 bridgehead atoms. The topological polar surface area (TPSA) is 41.1 Å². The zero-order valence-corrected chi connectivity index (χ0v) is 13.0. The molecule has 3 nitrogen and oxygen atoms in total. The van der Waals surface area contributed by atoms with E-state index in [9.17, 15) is 4.79 Å². The number of rotatable bonds is 6. The van der Waals surface area contributed by atoms with Crippen molar-refractivity contribution in [2.45, 2.75) is 32.6 Å². The Morgan fingerprint density at radius 3 is 2.90 bits per heavy atom. The Hall–Kier alpha value is -1.06. The molecule has 1 unspecified atom stereocenters. The minimum Gasteiger partial charge on any atom is -0.356 e. The van der Waals surface area contributed by atoms with E-state index in [2.05, 4.69) is 35.8 Å². The van der Waals surface area contributed by atoms with Crippen LogP contribution >= 0.6 is 12.4 Å². The average Bonchev–Trinajstić information content (AvgIpc) is 2.92. The van der Waals surface area contributed by atoms with Gasteiger partial charge in [-0.25, -0.2) is 0 Å². The van der Waals surface area contributed by atoms with Gasteiger partial charge in [0, 0.05) is 13.0 Å². The Bertz CT molecular complexity index is 417. The van der Waals surface area contributed by atoms with Gasteiger partial charge in [0.25, 0.3) is 0 Å². The molecule has 0 aliphatic carbocycles. The van der Waals surface area contributed by atoms with Crippen molar-refractivity contribution in [3.05, 3.63) is 35.4 Å². The van der Waals surface area contributed by atoms with Crippen LogP contribution in [0.5, 0.6) is 0 Å². The van der Waals surface area contributed by atoms with Crippen molar-refractivity contribution in [2.24, 2.45) is 5.92 Å². The number of amides is 1. The molecule has 4 heteroatoms. The summed E-state index contributed by atoms with van der Waals surface area (Å²) in [5.74, 6) is 0.891. The van der Waals surface area contributed by atoms with Crippen molar-refractivity contribution in [1.29, 1.82) is 0 Å². The van der Waals surface area contributed by atoms with Gasteiger partial charge in [0.1, 0.15) is 0 Å². The molecule has 0 spiro atoms. The molecule has 1 amide bonds. The monoisotopic (exact) mass is 296 g/mol. The van der Waals surface area contributed by atoms with Gasteiger partial charge in [0.2, 0.25) is 5.91 Å². The molecule has 1 saturated heterocycles. The van der Waals surface area contributed by atoms with Gasteiger partial charge in [-0.15, -0.1) is 12.4 Å². The maximum absolute atomic E-state index is 11.7. The fourth-order valence-electron chi connectivity index (χ4n) is 2.61. The minimum absolute atomic E-state index is 0. The highest BCUT2D eigenvalue weighted by atomic mass is 35.5. The second kappa shape index (κ2) is 8.98. The molecule has 1 aliphatic heterocycles. The van der Waals surface area contributed by atoms with Gasteiger partial charge in [0.15, 0.2) is 0 Å². The Morgan fingerprint density at radius 2 is 2.20 bits per heavy atom. The van der Waals surface area contributed by atoms with Crippen molar-refractivity contribution >= 4 is 18.3 Å². The summed E-state index contributed by atoms with van der Waals surface area (Å²) in [7, 11) is 0. The first-order chi connectivity index (χ1) is 9.25. The van der Waals surface area contributed by atoms with Crippen LogP contribution in [0.2, 0.25) is 0 Å². The van der Waals surface area contributed by atoms with Gasteiger partial charge < -0.3 is 10.6 Å². The second-order valence-electron chi connectivity index (χ2n) is 5.42.